The lowest BCUT2D eigenvalue weighted by molar-refractivity contribution is 0.789. The van der Waals surface area contributed by atoms with Crippen LogP contribution < -0.4 is 0 Å². The van der Waals surface area contributed by atoms with Crippen molar-refractivity contribution >= 4 is 0 Å². The average Bonchev–Trinajstić information content (AvgIpc) is 3.25. The maximum absolute atomic E-state index is 4.17. The van der Waals surface area contributed by atoms with Crippen LogP contribution in [0.3, 0.4) is 0 Å². The Morgan fingerprint density at radius 1 is 0.682 bits per heavy atom. The summed E-state index contributed by atoms with van der Waals surface area (Å²) in [5.41, 5.74) is 2.41. The second-order valence-electron chi connectivity index (χ2n) is 4.63. The molecular weight excluding hydrogens is 278 g/mol. The summed E-state index contributed by atoms with van der Waals surface area (Å²) in [6.45, 7) is 0. The Morgan fingerprint density at radius 3 is 2.09 bits per heavy atom. The predicted molar refractivity (Wildman–Crippen MR) is 79.5 cm³/mol. The Labute approximate surface area is 125 Å². The fourth-order valence-corrected chi connectivity index (χ4v) is 2.16. The number of hydrogen-bond donors (Lipinski definition) is 0. The maximum atomic E-state index is 4.17. The van der Waals surface area contributed by atoms with Crippen molar-refractivity contribution in [3.05, 3.63) is 66.9 Å². The molecule has 0 amide bonds. The van der Waals surface area contributed by atoms with Crippen LogP contribution in [0.15, 0.2) is 66.9 Å². The average molecular weight is 289 g/mol. The van der Waals surface area contributed by atoms with E-state index < -0.39 is 0 Å². The van der Waals surface area contributed by atoms with E-state index in [9.17, 15) is 0 Å². The molecule has 0 radical (unpaired) electrons. The van der Waals surface area contributed by atoms with Gasteiger partial charge in [-0.15, -0.1) is 10.2 Å². The summed E-state index contributed by atoms with van der Waals surface area (Å²) in [5, 5.41) is 20.1. The number of tetrazole rings is 1. The fourth-order valence-electron chi connectivity index (χ4n) is 2.16. The van der Waals surface area contributed by atoms with Crippen LogP contribution in [0.1, 0.15) is 0 Å². The first-order chi connectivity index (χ1) is 10.9. The largest absolute Gasteiger partial charge is 0.220 e. The van der Waals surface area contributed by atoms with E-state index in [0.717, 1.165) is 11.4 Å². The molecule has 0 saturated carbocycles. The van der Waals surface area contributed by atoms with E-state index in [2.05, 4.69) is 25.8 Å². The van der Waals surface area contributed by atoms with E-state index in [0.29, 0.717) is 11.5 Å². The molecule has 22 heavy (non-hydrogen) atoms. The SMILES string of the molecule is c1ccc(-n2cc(-c3nnnn3-c3ccccc3)nn2)cc1. The smallest absolute Gasteiger partial charge is 0.209 e. The normalized spacial score (nSPS) is 10.7. The van der Waals surface area contributed by atoms with E-state index >= 15 is 0 Å². The Balaban J connectivity index is 1.76. The zero-order valence-electron chi connectivity index (χ0n) is 11.5. The molecule has 4 aromatic rings. The van der Waals surface area contributed by atoms with Crippen LogP contribution in [-0.4, -0.2) is 35.2 Å². The lowest BCUT2D eigenvalue weighted by atomic mass is 10.3. The molecule has 0 fully saturated rings. The summed E-state index contributed by atoms with van der Waals surface area (Å²) >= 11 is 0. The molecule has 2 aromatic carbocycles. The van der Waals surface area contributed by atoms with Crippen molar-refractivity contribution in [2.75, 3.05) is 0 Å². The molecule has 0 unspecified atom stereocenters. The van der Waals surface area contributed by atoms with Crippen LogP contribution in [0.25, 0.3) is 22.9 Å². The third-order valence-electron chi connectivity index (χ3n) is 3.21. The van der Waals surface area contributed by atoms with Crippen molar-refractivity contribution in [1.82, 2.24) is 35.2 Å². The standard InChI is InChI=1S/C15H11N7/c1-3-7-12(8-4-1)21-11-14(16-19-21)15-17-18-20-22(15)13-9-5-2-6-10-13/h1-11H. The molecule has 0 aliphatic heterocycles. The van der Waals surface area contributed by atoms with Gasteiger partial charge in [0.15, 0.2) is 5.69 Å². The molecule has 2 aromatic heterocycles. The minimum absolute atomic E-state index is 0.549. The summed E-state index contributed by atoms with van der Waals surface area (Å²) in [6.07, 6.45) is 1.81. The Hall–Kier alpha value is -3.35. The van der Waals surface area contributed by atoms with E-state index in [4.69, 9.17) is 0 Å². The molecule has 0 atom stereocenters. The van der Waals surface area contributed by atoms with Gasteiger partial charge in [0.1, 0.15) is 0 Å². The van der Waals surface area contributed by atoms with Crippen LogP contribution in [0.2, 0.25) is 0 Å². The first kappa shape index (κ1) is 12.4. The molecule has 7 heteroatoms. The molecule has 4 rings (SSSR count). The Bertz CT molecular complexity index is 880. The molecule has 0 N–H and O–H groups in total. The number of rotatable bonds is 3. The van der Waals surface area contributed by atoms with E-state index in [1.807, 2.05) is 60.7 Å². The number of hydrogen-bond acceptors (Lipinski definition) is 5. The van der Waals surface area contributed by atoms with Crippen LogP contribution in [0.4, 0.5) is 0 Å². The summed E-state index contributed by atoms with van der Waals surface area (Å²) in [7, 11) is 0. The second kappa shape index (κ2) is 5.21. The number of aromatic nitrogens is 7. The van der Waals surface area contributed by atoms with Crippen molar-refractivity contribution < 1.29 is 0 Å². The van der Waals surface area contributed by atoms with Crippen molar-refractivity contribution in [2.45, 2.75) is 0 Å². The van der Waals surface area contributed by atoms with Gasteiger partial charge in [-0.05, 0) is 34.7 Å². The van der Waals surface area contributed by atoms with Crippen molar-refractivity contribution in [3.8, 4) is 22.9 Å². The quantitative estimate of drug-likeness (QED) is 0.576. The summed E-state index contributed by atoms with van der Waals surface area (Å²) in [5.74, 6) is 0.549. The Kier molecular flexibility index (Phi) is 2.93. The van der Waals surface area contributed by atoms with E-state index in [1.54, 1.807) is 15.6 Å². The molecular formula is C15H11N7. The lowest BCUT2D eigenvalue weighted by Gasteiger charge is -2.01. The van der Waals surface area contributed by atoms with Gasteiger partial charge >= 0.3 is 0 Å². The van der Waals surface area contributed by atoms with Gasteiger partial charge in [0.25, 0.3) is 0 Å². The highest BCUT2D eigenvalue weighted by Crippen LogP contribution is 2.17. The number of para-hydroxylation sites is 2. The highest BCUT2D eigenvalue weighted by atomic mass is 15.6. The molecule has 0 bridgehead atoms. The first-order valence-electron chi connectivity index (χ1n) is 6.74. The summed E-state index contributed by atoms with van der Waals surface area (Å²) in [4.78, 5) is 0. The monoisotopic (exact) mass is 289 g/mol. The number of benzene rings is 2. The zero-order chi connectivity index (χ0) is 14.8. The van der Waals surface area contributed by atoms with Gasteiger partial charge < -0.3 is 0 Å². The lowest BCUT2D eigenvalue weighted by Crippen LogP contribution is -1.99. The van der Waals surface area contributed by atoms with E-state index in [1.165, 1.54) is 0 Å². The zero-order valence-corrected chi connectivity index (χ0v) is 11.5. The molecule has 0 saturated heterocycles. The predicted octanol–water partition coefficient (Wildman–Crippen LogP) is 1.91. The van der Waals surface area contributed by atoms with Gasteiger partial charge in [-0.2, -0.15) is 4.68 Å². The highest BCUT2D eigenvalue weighted by molar-refractivity contribution is 5.51. The second-order valence-corrected chi connectivity index (χ2v) is 4.63. The highest BCUT2D eigenvalue weighted by Gasteiger charge is 2.14. The van der Waals surface area contributed by atoms with Gasteiger partial charge in [0.2, 0.25) is 5.82 Å². The van der Waals surface area contributed by atoms with Gasteiger partial charge in [-0.3, -0.25) is 0 Å². The number of nitrogens with zero attached hydrogens (tertiary/aromatic N) is 7. The van der Waals surface area contributed by atoms with Gasteiger partial charge in [-0.25, -0.2) is 4.68 Å². The van der Waals surface area contributed by atoms with Gasteiger partial charge in [0.05, 0.1) is 17.6 Å². The van der Waals surface area contributed by atoms with Crippen molar-refractivity contribution in [1.29, 1.82) is 0 Å². The Morgan fingerprint density at radius 2 is 1.36 bits per heavy atom. The minimum Gasteiger partial charge on any atom is -0.220 e. The minimum atomic E-state index is 0.549. The molecule has 7 nitrogen and oxygen atoms in total. The third kappa shape index (κ3) is 2.14. The molecule has 2 heterocycles. The van der Waals surface area contributed by atoms with Crippen molar-refractivity contribution in [2.24, 2.45) is 0 Å². The first-order valence-corrected chi connectivity index (χ1v) is 6.74. The topological polar surface area (TPSA) is 74.3 Å². The van der Waals surface area contributed by atoms with Crippen LogP contribution in [0.5, 0.6) is 0 Å². The summed E-state index contributed by atoms with van der Waals surface area (Å²) in [6, 6.07) is 19.4. The van der Waals surface area contributed by atoms with Gasteiger partial charge in [0, 0.05) is 0 Å². The molecule has 0 aliphatic carbocycles. The molecule has 0 spiro atoms. The fraction of sp³-hybridized carbons (Fsp3) is 0. The van der Waals surface area contributed by atoms with Crippen molar-refractivity contribution in [3.63, 3.8) is 0 Å². The van der Waals surface area contributed by atoms with Crippen LogP contribution >= 0.6 is 0 Å². The summed E-state index contributed by atoms with van der Waals surface area (Å²) < 4.78 is 3.33. The van der Waals surface area contributed by atoms with Crippen LogP contribution in [-0.2, 0) is 0 Å². The van der Waals surface area contributed by atoms with Crippen LogP contribution in [0, 0.1) is 0 Å². The molecule has 0 aliphatic rings. The van der Waals surface area contributed by atoms with E-state index in [-0.39, 0.29) is 0 Å². The molecule has 106 valence electrons. The van der Waals surface area contributed by atoms with Gasteiger partial charge in [-0.1, -0.05) is 41.6 Å². The third-order valence-corrected chi connectivity index (χ3v) is 3.21. The maximum Gasteiger partial charge on any atom is 0.209 e.